The van der Waals surface area contributed by atoms with E-state index in [1.165, 1.54) is 4.31 Å². The molecule has 6 heteroatoms. The maximum Gasteiger partial charge on any atom is 0.238 e. The van der Waals surface area contributed by atoms with Gasteiger partial charge in [-0.1, -0.05) is 12.1 Å². The molecule has 0 spiro atoms. The lowest BCUT2D eigenvalue weighted by molar-refractivity contribution is 0.130. The molecule has 1 aliphatic rings. The van der Waals surface area contributed by atoms with Crippen LogP contribution in [0.2, 0.25) is 0 Å². The lowest BCUT2D eigenvalue weighted by Gasteiger charge is -2.26. The number of hydrogen-bond acceptors (Lipinski definition) is 4. The zero-order valence-corrected chi connectivity index (χ0v) is 10.4. The molecule has 94 valence electrons. The Bertz CT molecular complexity index is 486. The van der Waals surface area contributed by atoms with Gasteiger partial charge in [0.05, 0.1) is 13.7 Å². The molecule has 1 fully saturated rings. The minimum absolute atomic E-state index is 0.225. The van der Waals surface area contributed by atoms with Crippen molar-refractivity contribution in [1.82, 2.24) is 4.31 Å². The Morgan fingerprint density at radius 3 is 3.00 bits per heavy atom. The Morgan fingerprint density at radius 1 is 1.47 bits per heavy atom. The molecule has 0 aliphatic carbocycles. The van der Waals surface area contributed by atoms with Crippen LogP contribution in [-0.2, 0) is 21.3 Å². The standard InChI is InChI=1S/C11H15NO4S/c1-15-11-4-2-3-10(7-11)8-12-5-6-16-9-17(12,13)14/h2-4,7H,5-6,8-9H2,1H3. The largest absolute Gasteiger partial charge is 0.497 e. The molecule has 1 heterocycles. The van der Waals surface area contributed by atoms with Crippen molar-refractivity contribution >= 4 is 10.0 Å². The molecular weight excluding hydrogens is 242 g/mol. The second-order valence-electron chi connectivity index (χ2n) is 3.82. The summed E-state index contributed by atoms with van der Waals surface area (Å²) >= 11 is 0. The summed E-state index contributed by atoms with van der Waals surface area (Å²) < 4.78 is 34.9. The summed E-state index contributed by atoms with van der Waals surface area (Å²) in [5, 5.41) is 0. The number of hydrogen-bond donors (Lipinski definition) is 0. The molecule has 0 atom stereocenters. The summed E-state index contributed by atoms with van der Waals surface area (Å²) in [6, 6.07) is 7.40. The molecule has 1 aromatic carbocycles. The molecule has 1 saturated heterocycles. The van der Waals surface area contributed by atoms with E-state index in [1.807, 2.05) is 24.3 Å². The summed E-state index contributed by atoms with van der Waals surface area (Å²) in [5.74, 6) is 0.505. The molecule has 0 aromatic heterocycles. The molecule has 5 nitrogen and oxygen atoms in total. The smallest absolute Gasteiger partial charge is 0.238 e. The van der Waals surface area contributed by atoms with Crippen molar-refractivity contribution < 1.29 is 17.9 Å². The van der Waals surface area contributed by atoms with Crippen LogP contribution >= 0.6 is 0 Å². The fraction of sp³-hybridized carbons (Fsp3) is 0.455. The predicted octanol–water partition coefficient (Wildman–Crippen LogP) is 0.815. The molecule has 0 amide bonds. The van der Waals surface area contributed by atoms with E-state index >= 15 is 0 Å². The molecule has 1 aromatic rings. The number of benzene rings is 1. The van der Waals surface area contributed by atoms with E-state index in [4.69, 9.17) is 9.47 Å². The summed E-state index contributed by atoms with van der Waals surface area (Å²) in [4.78, 5) is 0. The van der Waals surface area contributed by atoms with Gasteiger partial charge in [0.25, 0.3) is 0 Å². The highest BCUT2D eigenvalue weighted by Crippen LogP contribution is 2.17. The van der Waals surface area contributed by atoms with Crippen molar-refractivity contribution in [3.8, 4) is 5.75 Å². The first-order chi connectivity index (χ1) is 8.12. The third kappa shape index (κ3) is 2.96. The first-order valence-corrected chi connectivity index (χ1v) is 6.91. The fourth-order valence-corrected chi connectivity index (χ4v) is 2.87. The Morgan fingerprint density at radius 2 is 2.29 bits per heavy atom. The van der Waals surface area contributed by atoms with E-state index in [-0.39, 0.29) is 5.94 Å². The molecule has 1 aliphatic heterocycles. The SMILES string of the molecule is COc1cccc(CN2CCOCS2(=O)=O)c1. The van der Waals surface area contributed by atoms with Gasteiger partial charge in [0.2, 0.25) is 10.0 Å². The van der Waals surface area contributed by atoms with Crippen LogP contribution in [0.5, 0.6) is 5.75 Å². The lowest BCUT2D eigenvalue weighted by Crippen LogP contribution is -2.40. The second-order valence-corrected chi connectivity index (χ2v) is 5.74. The predicted molar refractivity (Wildman–Crippen MR) is 63.1 cm³/mol. The molecule has 0 N–H and O–H groups in total. The minimum Gasteiger partial charge on any atom is -0.497 e. The van der Waals surface area contributed by atoms with Crippen molar-refractivity contribution in [1.29, 1.82) is 0 Å². The highest BCUT2D eigenvalue weighted by molar-refractivity contribution is 7.88. The van der Waals surface area contributed by atoms with Crippen LogP contribution in [0, 0.1) is 0 Å². The summed E-state index contributed by atoms with van der Waals surface area (Å²) in [5.41, 5.74) is 0.912. The zero-order valence-electron chi connectivity index (χ0n) is 9.63. The number of ether oxygens (including phenoxy) is 2. The van der Waals surface area contributed by atoms with Crippen LogP contribution in [0.1, 0.15) is 5.56 Å². The Balaban J connectivity index is 2.14. The van der Waals surface area contributed by atoms with Crippen molar-refractivity contribution in [2.45, 2.75) is 6.54 Å². The van der Waals surface area contributed by atoms with Gasteiger partial charge in [-0.3, -0.25) is 0 Å². The van der Waals surface area contributed by atoms with E-state index < -0.39 is 10.0 Å². The van der Waals surface area contributed by atoms with Gasteiger partial charge >= 0.3 is 0 Å². The lowest BCUT2D eigenvalue weighted by atomic mass is 10.2. The third-order valence-electron chi connectivity index (χ3n) is 2.60. The van der Waals surface area contributed by atoms with Gasteiger partial charge in [0, 0.05) is 13.1 Å². The van der Waals surface area contributed by atoms with Crippen LogP contribution < -0.4 is 4.74 Å². The molecule has 17 heavy (non-hydrogen) atoms. The monoisotopic (exact) mass is 257 g/mol. The number of nitrogens with zero attached hydrogens (tertiary/aromatic N) is 1. The minimum atomic E-state index is -3.27. The summed E-state index contributed by atoms with van der Waals surface area (Å²) in [7, 11) is -1.68. The molecule has 0 radical (unpaired) electrons. The van der Waals surface area contributed by atoms with Crippen LogP contribution in [0.15, 0.2) is 24.3 Å². The van der Waals surface area contributed by atoms with Crippen LogP contribution in [0.4, 0.5) is 0 Å². The molecule has 0 saturated carbocycles. The van der Waals surface area contributed by atoms with Gasteiger partial charge in [-0.2, -0.15) is 4.31 Å². The summed E-state index contributed by atoms with van der Waals surface area (Å²) in [6.07, 6.45) is 0. The Labute approximate surface area is 101 Å². The van der Waals surface area contributed by atoms with Gasteiger partial charge in [0.1, 0.15) is 5.75 Å². The third-order valence-corrected chi connectivity index (χ3v) is 4.17. The van der Waals surface area contributed by atoms with E-state index in [1.54, 1.807) is 7.11 Å². The quantitative estimate of drug-likeness (QED) is 0.804. The van der Waals surface area contributed by atoms with Gasteiger partial charge in [-0.15, -0.1) is 0 Å². The Kier molecular flexibility index (Phi) is 3.66. The first-order valence-electron chi connectivity index (χ1n) is 5.30. The average molecular weight is 257 g/mol. The second kappa shape index (κ2) is 5.03. The van der Waals surface area contributed by atoms with Crippen molar-refractivity contribution in [3.63, 3.8) is 0 Å². The normalized spacial score (nSPS) is 20.1. The van der Waals surface area contributed by atoms with Crippen LogP contribution in [0.25, 0.3) is 0 Å². The fourth-order valence-electron chi connectivity index (χ4n) is 1.70. The maximum atomic E-state index is 11.7. The topological polar surface area (TPSA) is 55.8 Å². The van der Waals surface area contributed by atoms with E-state index in [0.717, 1.165) is 11.3 Å². The average Bonchev–Trinajstić information content (AvgIpc) is 2.32. The summed E-state index contributed by atoms with van der Waals surface area (Å²) in [6.45, 7) is 1.21. The molecule has 2 rings (SSSR count). The highest BCUT2D eigenvalue weighted by Gasteiger charge is 2.26. The zero-order chi connectivity index (χ0) is 12.3. The van der Waals surface area contributed by atoms with Gasteiger partial charge < -0.3 is 9.47 Å². The van der Waals surface area contributed by atoms with Crippen LogP contribution in [-0.4, -0.2) is 38.9 Å². The van der Waals surface area contributed by atoms with E-state index in [0.29, 0.717) is 19.7 Å². The first kappa shape index (κ1) is 12.3. The number of rotatable bonds is 3. The van der Waals surface area contributed by atoms with Gasteiger partial charge in [-0.25, -0.2) is 8.42 Å². The van der Waals surface area contributed by atoms with Crippen molar-refractivity contribution in [3.05, 3.63) is 29.8 Å². The van der Waals surface area contributed by atoms with E-state index in [9.17, 15) is 8.42 Å². The Hall–Kier alpha value is -1.11. The van der Waals surface area contributed by atoms with E-state index in [2.05, 4.69) is 0 Å². The van der Waals surface area contributed by atoms with Crippen molar-refractivity contribution in [2.75, 3.05) is 26.2 Å². The van der Waals surface area contributed by atoms with Crippen LogP contribution in [0.3, 0.4) is 0 Å². The molecule has 0 bridgehead atoms. The molecule has 0 unspecified atom stereocenters. The number of sulfonamides is 1. The van der Waals surface area contributed by atoms with Gasteiger partial charge in [0.15, 0.2) is 5.94 Å². The number of methoxy groups -OCH3 is 1. The highest BCUT2D eigenvalue weighted by atomic mass is 32.2. The van der Waals surface area contributed by atoms with Crippen molar-refractivity contribution in [2.24, 2.45) is 0 Å². The maximum absolute atomic E-state index is 11.7. The van der Waals surface area contributed by atoms with Gasteiger partial charge in [-0.05, 0) is 17.7 Å². The molecular formula is C11H15NO4S.